The van der Waals surface area contributed by atoms with Crippen LogP contribution in [0.2, 0.25) is 0 Å². The van der Waals surface area contributed by atoms with Gasteiger partial charge >= 0.3 is 0 Å². The number of aliphatic hydroxyl groups is 1. The van der Waals surface area contributed by atoms with Crippen molar-refractivity contribution in [2.24, 2.45) is 0 Å². The number of piperidine rings is 1. The predicted octanol–water partition coefficient (Wildman–Crippen LogP) is 3.11. The summed E-state index contributed by atoms with van der Waals surface area (Å²) >= 11 is 0. The lowest BCUT2D eigenvalue weighted by atomic mass is 9.82. The average Bonchev–Trinajstić information content (AvgIpc) is 3.28. The van der Waals surface area contributed by atoms with Crippen molar-refractivity contribution in [2.45, 2.75) is 75.7 Å². The first-order valence-electron chi connectivity index (χ1n) is 11.3. The van der Waals surface area contributed by atoms with E-state index < -0.39 is 5.60 Å². The summed E-state index contributed by atoms with van der Waals surface area (Å²) in [5.74, 6) is 0.340. The molecule has 6 heteroatoms. The lowest BCUT2D eigenvalue weighted by molar-refractivity contribution is -0.139. The summed E-state index contributed by atoms with van der Waals surface area (Å²) in [7, 11) is 0. The Hall–Kier alpha value is -1.95. The highest BCUT2D eigenvalue weighted by atomic mass is 16.3. The van der Waals surface area contributed by atoms with Crippen molar-refractivity contribution < 1.29 is 14.7 Å². The molecule has 4 rings (SSSR count). The van der Waals surface area contributed by atoms with E-state index >= 15 is 0 Å². The van der Waals surface area contributed by atoms with Crippen molar-refractivity contribution in [1.29, 1.82) is 0 Å². The third-order valence-corrected chi connectivity index (χ3v) is 6.88. The van der Waals surface area contributed by atoms with Gasteiger partial charge in [0.2, 0.25) is 5.91 Å². The number of hydrogen-bond acceptors (Lipinski definition) is 4. The minimum Gasteiger partial charge on any atom is -0.389 e. The fraction of sp³-hybridized carbons (Fsp3) is 0.696. The first kappa shape index (κ1) is 20.3. The molecule has 0 spiro atoms. The summed E-state index contributed by atoms with van der Waals surface area (Å²) in [5, 5.41) is 10.7. The standard InChI is InChI=1S/C23H33N3O3/c27-21(15-23(29)10-2-1-3-11-23)26-14-6-7-19(17-26)20-9-8-18(16-24-20)22(28)25-12-4-5-13-25/h8-9,16,19,29H,1-7,10-15,17H2/t19-/m0/s1. The van der Waals surface area contributed by atoms with Crippen LogP contribution in [-0.2, 0) is 4.79 Å². The Labute approximate surface area is 173 Å². The molecular weight excluding hydrogens is 366 g/mol. The summed E-state index contributed by atoms with van der Waals surface area (Å²) < 4.78 is 0. The molecule has 1 atom stereocenters. The number of carbonyl (C=O) groups excluding carboxylic acids is 2. The number of aromatic nitrogens is 1. The average molecular weight is 400 g/mol. The highest BCUT2D eigenvalue weighted by Gasteiger charge is 2.35. The Kier molecular flexibility index (Phi) is 6.18. The number of rotatable bonds is 4. The minimum atomic E-state index is -0.807. The fourth-order valence-corrected chi connectivity index (χ4v) is 5.10. The third-order valence-electron chi connectivity index (χ3n) is 6.88. The zero-order valence-corrected chi connectivity index (χ0v) is 17.3. The molecule has 2 aliphatic heterocycles. The molecule has 158 valence electrons. The first-order valence-corrected chi connectivity index (χ1v) is 11.3. The molecule has 1 saturated carbocycles. The van der Waals surface area contributed by atoms with E-state index in [0.29, 0.717) is 12.1 Å². The molecule has 2 amide bonds. The van der Waals surface area contributed by atoms with E-state index in [1.54, 1.807) is 6.20 Å². The molecule has 1 N–H and O–H groups in total. The molecule has 29 heavy (non-hydrogen) atoms. The molecule has 2 saturated heterocycles. The normalized spacial score (nSPS) is 24.5. The molecule has 6 nitrogen and oxygen atoms in total. The zero-order valence-electron chi connectivity index (χ0n) is 17.3. The van der Waals surface area contributed by atoms with Crippen LogP contribution < -0.4 is 0 Å². The van der Waals surface area contributed by atoms with Crippen LogP contribution in [0.3, 0.4) is 0 Å². The van der Waals surface area contributed by atoms with Crippen LogP contribution in [0.4, 0.5) is 0 Å². The van der Waals surface area contributed by atoms with Gasteiger partial charge < -0.3 is 14.9 Å². The topological polar surface area (TPSA) is 73.7 Å². The third kappa shape index (κ3) is 4.80. The van der Waals surface area contributed by atoms with Crippen LogP contribution in [0.1, 0.15) is 86.2 Å². The molecule has 0 bridgehead atoms. The number of hydrogen-bond donors (Lipinski definition) is 1. The molecular formula is C23H33N3O3. The monoisotopic (exact) mass is 399 g/mol. The van der Waals surface area contributed by atoms with Gasteiger partial charge in [-0.05, 0) is 50.7 Å². The van der Waals surface area contributed by atoms with Crippen LogP contribution in [0.15, 0.2) is 18.3 Å². The highest BCUT2D eigenvalue weighted by molar-refractivity contribution is 5.94. The number of nitrogens with zero attached hydrogens (tertiary/aromatic N) is 3. The van der Waals surface area contributed by atoms with E-state index in [9.17, 15) is 14.7 Å². The maximum Gasteiger partial charge on any atom is 0.255 e. The molecule has 0 radical (unpaired) electrons. The fourth-order valence-electron chi connectivity index (χ4n) is 5.10. The lowest BCUT2D eigenvalue weighted by Gasteiger charge is -2.37. The quantitative estimate of drug-likeness (QED) is 0.844. The van der Waals surface area contributed by atoms with Crippen molar-refractivity contribution in [3.05, 3.63) is 29.6 Å². The second-order valence-corrected chi connectivity index (χ2v) is 9.11. The predicted molar refractivity (Wildman–Crippen MR) is 111 cm³/mol. The number of likely N-dealkylation sites (tertiary alicyclic amines) is 2. The number of carbonyl (C=O) groups is 2. The first-order chi connectivity index (χ1) is 14.0. The maximum atomic E-state index is 12.8. The number of pyridine rings is 1. The highest BCUT2D eigenvalue weighted by Crippen LogP contribution is 2.33. The molecule has 0 aromatic carbocycles. The Balaban J connectivity index is 1.36. The molecule has 3 heterocycles. The molecule has 1 aromatic rings. The van der Waals surface area contributed by atoms with Gasteiger partial charge in [0.1, 0.15) is 0 Å². The summed E-state index contributed by atoms with van der Waals surface area (Å²) in [6.45, 7) is 3.09. The smallest absolute Gasteiger partial charge is 0.255 e. The molecule has 1 aromatic heterocycles. The van der Waals surface area contributed by atoms with E-state index in [0.717, 1.165) is 83.1 Å². The number of amides is 2. The van der Waals surface area contributed by atoms with Crippen LogP contribution in [0.25, 0.3) is 0 Å². The van der Waals surface area contributed by atoms with Crippen molar-refractivity contribution in [1.82, 2.24) is 14.8 Å². The van der Waals surface area contributed by atoms with E-state index in [4.69, 9.17) is 0 Å². The molecule has 3 fully saturated rings. The Morgan fingerprint density at radius 3 is 2.41 bits per heavy atom. The van der Waals surface area contributed by atoms with Gasteiger partial charge in [-0.15, -0.1) is 0 Å². The van der Waals surface area contributed by atoms with Crippen LogP contribution in [0, 0.1) is 0 Å². The molecule has 1 aliphatic carbocycles. The van der Waals surface area contributed by atoms with Crippen molar-refractivity contribution in [2.75, 3.05) is 26.2 Å². The van der Waals surface area contributed by atoms with Gasteiger partial charge in [0, 0.05) is 44.0 Å². The maximum absolute atomic E-state index is 12.8. The summed E-state index contributed by atoms with van der Waals surface area (Å²) in [5.41, 5.74) is 0.800. The molecule has 3 aliphatic rings. The Morgan fingerprint density at radius 2 is 1.72 bits per heavy atom. The largest absolute Gasteiger partial charge is 0.389 e. The minimum absolute atomic E-state index is 0.0694. The van der Waals surface area contributed by atoms with Gasteiger partial charge in [0.05, 0.1) is 17.6 Å². The van der Waals surface area contributed by atoms with Crippen LogP contribution >= 0.6 is 0 Å². The van der Waals surface area contributed by atoms with Gasteiger partial charge in [-0.1, -0.05) is 19.3 Å². The van der Waals surface area contributed by atoms with Crippen molar-refractivity contribution >= 4 is 11.8 Å². The van der Waals surface area contributed by atoms with E-state index in [1.807, 2.05) is 21.9 Å². The second-order valence-electron chi connectivity index (χ2n) is 9.11. The van der Waals surface area contributed by atoms with Gasteiger partial charge in [-0.2, -0.15) is 0 Å². The van der Waals surface area contributed by atoms with Gasteiger partial charge in [-0.25, -0.2) is 0 Å². The van der Waals surface area contributed by atoms with Crippen molar-refractivity contribution in [3.8, 4) is 0 Å². The summed E-state index contributed by atoms with van der Waals surface area (Å²) in [6.07, 6.45) is 10.7. The van der Waals surface area contributed by atoms with Crippen LogP contribution in [-0.4, -0.2) is 63.5 Å². The van der Waals surface area contributed by atoms with Crippen molar-refractivity contribution in [3.63, 3.8) is 0 Å². The SMILES string of the molecule is O=C(CC1(O)CCCCC1)N1CCC[C@H](c2ccc(C(=O)N3CCCC3)cn2)C1. The van der Waals surface area contributed by atoms with Gasteiger partial charge in [-0.3, -0.25) is 14.6 Å². The summed E-state index contributed by atoms with van der Waals surface area (Å²) in [6, 6.07) is 3.84. The Bertz CT molecular complexity index is 721. The zero-order chi connectivity index (χ0) is 20.3. The van der Waals surface area contributed by atoms with Gasteiger partial charge in [0.25, 0.3) is 5.91 Å². The van der Waals surface area contributed by atoms with Gasteiger partial charge in [0.15, 0.2) is 0 Å². The molecule has 0 unspecified atom stereocenters. The van der Waals surface area contributed by atoms with Crippen LogP contribution in [0.5, 0.6) is 0 Å². The van der Waals surface area contributed by atoms with E-state index in [2.05, 4.69) is 4.98 Å². The Morgan fingerprint density at radius 1 is 1.00 bits per heavy atom. The summed E-state index contributed by atoms with van der Waals surface area (Å²) in [4.78, 5) is 33.7. The lowest BCUT2D eigenvalue weighted by Crippen LogP contribution is -2.44. The van der Waals surface area contributed by atoms with E-state index in [1.165, 1.54) is 0 Å². The van der Waals surface area contributed by atoms with E-state index in [-0.39, 0.29) is 24.2 Å². The second kappa shape index (κ2) is 8.82.